The van der Waals surface area contributed by atoms with Crippen LogP contribution in [0.1, 0.15) is 0 Å². The van der Waals surface area contributed by atoms with Gasteiger partial charge in [-0.3, -0.25) is 4.79 Å². The Bertz CT molecular complexity index is 550. The van der Waals surface area contributed by atoms with Gasteiger partial charge in [0.25, 0.3) is 5.56 Å². The van der Waals surface area contributed by atoms with Gasteiger partial charge in [-0.25, -0.2) is 4.98 Å². The molecule has 2 aromatic rings. The van der Waals surface area contributed by atoms with E-state index in [0.717, 1.165) is 4.73 Å². The number of hydrogen-bond donors (Lipinski definition) is 0. The smallest absolute Gasteiger partial charge is 0.335 e. The first-order valence-corrected chi connectivity index (χ1v) is 4.24. The van der Waals surface area contributed by atoms with Gasteiger partial charge in [-0.15, -0.1) is 0 Å². The fourth-order valence-electron chi connectivity index (χ4n) is 1.27. The molecule has 0 aromatic carbocycles. The highest BCUT2D eigenvalue weighted by Gasteiger charge is 2.11. The van der Waals surface area contributed by atoms with Crippen molar-refractivity contribution in [3.8, 4) is 6.01 Å². The van der Waals surface area contributed by atoms with Crippen molar-refractivity contribution >= 4 is 11.0 Å². The van der Waals surface area contributed by atoms with E-state index in [-0.39, 0.29) is 11.6 Å². The molecule has 2 rings (SSSR count). The van der Waals surface area contributed by atoms with Crippen molar-refractivity contribution in [2.75, 3.05) is 14.2 Å². The SMILES string of the molecule is COc1nc2ncccc2c(=O)n1OC. The third-order valence-electron chi connectivity index (χ3n) is 1.94. The summed E-state index contributed by atoms with van der Waals surface area (Å²) < 4.78 is 5.89. The van der Waals surface area contributed by atoms with E-state index in [0.29, 0.717) is 11.0 Å². The van der Waals surface area contributed by atoms with Gasteiger partial charge in [0.05, 0.1) is 12.5 Å². The van der Waals surface area contributed by atoms with Crippen LogP contribution in [0, 0.1) is 0 Å². The van der Waals surface area contributed by atoms with Crippen LogP contribution in [0.15, 0.2) is 23.1 Å². The summed E-state index contributed by atoms with van der Waals surface area (Å²) in [4.78, 5) is 24.7. The summed E-state index contributed by atoms with van der Waals surface area (Å²) in [7, 11) is 2.78. The zero-order chi connectivity index (χ0) is 10.8. The molecule has 0 aliphatic heterocycles. The van der Waals surface area contributed by atoms with Crippen LogP contribution < -0.4 is 15.1 Å². The fourth-order valence-corrected chi connectivity index (χ4v) is 1.27. The molecule has 78 valence electrons. The number of aromatic nitrogens is 3. The van der Waals surface area contributed by atoms with Crippen LogP contribution in [-0.4, -0.2) is 28.9 Å². The van der Waals surface area contributed by atoms with Gasteiger partial charge in [0, 0.05) is 6.20 Å². The van der Waals surface area contributed by atoms with Crippen LogP contribution in [0.2, 0.25) is 0 Å². The van der Waals surface area contributed by atoms with Crippen molar-refractivity contribution in [3.63, 3.8) is 0 Å². The highest BCUT2D eigenvalue weighted by molar-refractivity contribution is 5.73. The maximum Gasteiger partial charge on any atom is 0.335 e. The number of ether oxygens (including phenoxy) is 1. The molecular weight excluding hydrogens is 198 g/mol. The van der Waals surface area contributed by atoms with E-state index in [2.05, 4.69) is 9.97 Å². The number of fused-ring (bicyclic) bond motifs is 1. The minimum absolute atomic E-state index is 0.0775. The molecule has 0 fully saturated rings. The quantitative estimate of drug-likeness (QED) is 0.685. The van der Waals surface area contributed by atoms with Crippen LogP contribution in [0.4, 0.5) is 0 Å². The van der Waals surface area contributed by atoms with E-state index in [4.69, 9.17) is 9.57 Å². The summed E-state index contributed by atoms with van der Waals surface area (Å²) in [5.41, 5.74) is 0.0000926. The molecule has 15 heavy (non-hydrogen) atoms. The van der Waals surface area contributed by atoms with Gasteiger partial charge in [-0.05, 0) is 12.1 Å². The minimum atomic E-state index is -0.340. The second-order valence-electron chi connectivity index (χ2n) is 2.76. The highest BCUT2D eigenvalue weighted by atomic mass is 16.7. The molecule has 0 amide bonds. The maximum absolute atomic E-state index is 11.8. The van der Waals surface area contributed by atoms with E-state index in [9.17, 15) is 4.79 Å². The lowest BCUT2D eigenvalue weighted by atomic mass is 10.3. The lowest BCUT2D eigenvalue weighted by molar-refractivity contribution is 0.124. The molecule has 0 spiro atoms. The lowest BCUT2D eigenvalue weighted by Crippen LogP contribution is -2.27. The predicted molar refractivity (Wildman–Crippen MR) is 52.9 cm³/mol. The monoisotopic (exact) mass is 207 g/mol. The summed E-state index contributed by atoms with van der Waals surface area (Å²) in [5, 5.41) is 0.389. The van der Waals surface area contributed by atoms with Crippen molar-refractivity contribution in [2.45, 2.75) is 0 Å². The molecule has 0 aliphatic rings. The first kappa shape index (κ1) is 9.45. The summed E-state index contributed by atoms with van der Waals surface area (Å²) in [6, 6.07) is 3.37. The second kappa shape index (κ2) is 3.56. The summed E-state index contributed by atoms with van der Waals surface area (Å²) in [5.74, 6) is 0. The van der Waals surface area contributed by atoms with Crippen molar-refractivity contribution in [3.05, 3.63) is 28.7 Å². The fraction of sp³-hybridized carbons (Fsp3) is 0.222. The largest absolute Gasteiger partial charge is 0.466 e. The molecule has 0 bridgehead atoms. The van der Waals surface area contributed by atoms with Crippen LogP contribution >= 0.6 is 0 Å². The molecule has 2 aromatic heterocycles. The molecular formula is C9H9N3O3. The van der Waals surface area contributed by atoms with Crippen molar-refractivity contribution in [2.24, 2.45) is 0 Å². The second-order valence-corrected chi connectivity index (χ2v) is 2.76. The zero-order valence-corrected chi connectivity index (χ0v) is 8.30. The van der Waals surface area contributed by atoms with Gasteiger partial charge in [0.1, 0.15) is 7.11 Å². The van der Waals surface area contributed by atoms with E-state index in [1.807, 2.05) is 0 Å². The van der Waals surface area contributed by atoms with Crippen molar-refractivity contribution < 1.29 is 9.57 Å². The Morgan fingerprint density at radius 2 is 2.20 bits per heavy atom. The third kappa shape index (κ3) is 1.39. The van der Waals surface area contributed by atoms with Gasteiger partial charge in [-0.1, -0.05) is 4.73 Å². The van der Waals surface area contributed by atoms with E-state index in [1.165, 1.54) is 14.2 Å². The average molecular weight is 207 g/mol. The van der Waals surface area contributed by atoms with Gasteiger partial charge in [0.2, 0.25) is 0 Å². The number of methoxy groups -OCH3 is 1. The summed E-state index contributed by atoms with van der Waals surface area (Å²) in [6.07, 6.45) is 1.56. The van der Waals surface area contributed by atoms with Gasteiger partial charge in [-0.2, -0.15) is 4.98 Å². The molecule has 6 heteroatoms. The van der Waals surface area contributed by atoms with E-state index >= 15 is 0 Å². The first-order chi connectivity index (χ1) is 7.27. The number of rotatable bonds is 2. The Morgan fingerprint density at radius 1 is 1.40 bits per heavy atom. The molecule has 0 unspecified atom stereocenters. The molecule has 0 N–H and O–H groups in total. The topological polar surface area (TPSA) is 66.2 Å². The zero-order valence-electron chi connectivity index (χ0n) is 8.30. The Morgan fingerprint density at radius 3 is 2.87 bits per heavy atom. The molecule has 2 heterocycles. The molecule has 6 nitrogen and oxygen atoms in total. The number of nitrogens with zero attached hydrogens (tertiary/aromatic N) is 3. The Balaban J connectivity index is 2.88. The molecule has 0 saturated heterocycles. The minimum Gasteiger partial charge on any atom is -0.466 e. The summed E-state index contributed by atoms with van der Waals surface area (Å²) >= 11 is 0. The molecule has 0 atom stereocenters. The van der Waals surface area contributed by atoms with Crippen molar-refractivity contribution in [1.82, 2.24) is 14.7 Å². The molecule has 0 saturated carbocycles. The normalized spacial score (nSPS) is 10.3. The Hall–Kier alpha value is -2.11. The van der Waals surface area contributed by atoms with Crippen LogP contribution in [0.3, 0.4) is 0 Å². The predicted octanol–water partition coefficient (Wildman–Crippen LogP) is -0.142. The third-order valence-corrected chi connectivity index (χ3v) is 1.94. The van der Waals surface area contributed by atoms with E-state index in [1.54, 1.807) is 18.3 Å². The Kier molecular flexibility index (Phi) is 2.24. The van der Waals surface area contributed by atoms with Gasteiger partial charge >= 0.3 is 6.01 Å². The number of pyridine rings is 1. The van der Waals surface area contributed by atoms with Crippen LogP contribution in [0.25, 0.3) is 11.0 Å². The lowest BCUT2D eigenvalue weighted by Gasteiger charge is -2.08. The van der Waals surface area contributed by atoms with Crippen molar-refractivity contribution in [1.29, 1.82) is 0 Å². The van der Waals surface area contributed by atoms with Gasteiger partial charge in [0.15, 0.2) is 5.65 Å². The Labute approximate surface area is 85.1 Å². The number of hydrogen-bond acceptors (Lipinski definition) is 5. The maximum atomic E-state index is 11.8. The highest BCUT2D eigenvalue weighted by Crippen LogP contribution is 2.08. The van der Waals surface area contributed by atoms with Gasteiger partial charge < -0.3 is 9.57 Å². The summed E-state index contributed by atoms with van der Waals surface area (Å²) in [6.45, 7) is 0. The van der Waals surface area contributed by atoms with Crippen LogP contribution in [-0.2, 0) is 0 Å². The average Bonchev–Trinajstić information content (AvgIpc) is 2.29. The van der Waals surface area contributed by atoms with E-state index < -0.39 is 0 Å². The van der Waals surface area contributed by atoms with Crippen LogP contribution in [0.5, 0.6) is 6.01 Å². The standard InChI is InChI=1S/C9H9N3O3/c1-14-9-11-7-6(4-3-5-10-7)8(13)12(9)15-2/h3-5H,1-2H3. The molecule has 0 radical (unpaired) electrons. The molecule has 0 aliphatic carbocycles. The first-order valence-electron chi connectivity index (χ1n) is 4.24.